The Labute approximate surface area is 135 Å². The van der Waals surface area contributed by atoms with Crippen LogP contribution < -0.4 is 10.1 Å². The van der Waals surface area contributed by atoms with Gasteiger partial charge in [-0.3, -0.25) is 4.98 Å². The van der Waals surface area contributed by atoms with Gasteiger partial charge < -0.3 is 10.1 Å². The second-order valence-corrected chi connectivity index (χ2v) is 6.03. The highest BCUT2D eigenvalue weighted by Gasteiger charge is 2.08. The number of pyridine rings is 1. The van der Waals surface area contributed by atoms with Crippen LogP contribution in [0.2, 0.25) is 10.0 Å². The molecule has 1 N–H and O–H groups in total. The average Bonchev–Trinajstić information content (AvgIpc) is 2.44. The molecule has 0 aliphatic carbocycles. The summed E-state index contributed by atoms with van der Waals surface area (Å²) < 4.78 is 5.88. The van der Waals surface area contributed by atoms with Crippen LogP contribution in [0.15, 0.2) is 36.7 Å². The van der Waals surface area contributed by atoms with Crippen LogP contribution in [0.1, 0.15) is 19.4 Å². The molecule has 0 aliphatic rings. The summed E-state index contributed by atoms with van der Waals surface area (Å²) in [6.07, 6.45) is 3.49. The molecule has 1 aromatic carbocycles. The molecule has 0 saturated carbocycles. The summed E-state index contributed by atoms with van der Waals surface area (Å²) in [4.78, 5) is 4.15. The maximum atomic E-state index is 6.13. The van der Waals surface area contributed by atoms with Crippen LogP contribution in [0, 0.1) is 5.92 Å². The first-order valence-corrected chi connectivity index (χ1v) is 7.58. The van der Waals surface area contributed by atoms with Gasteiger partial charge in [0.2, 0.25) is 0 Å². The van der Waals surface area contributed by atoms with E-state index in [1.807, 2.05) is 6.07 Å². The van der Waals surface area contributed by atoms with E-state index in [2.05, 4.69) is 24.1 Å². The van der Waals surface area contributed by atoms with E-state index in [9.17, 15) is 0 Å². The molecule has 0 radical (unpaired) electrons. The third-order valence-corrected chi connectivity index (χ3v) is 3.39. The van der Waals surface area contributed by atoms with Crippen LogP contribution in [0.25, 0.3) is 0 Å². The molecular formula is C16H18Cl2N2O. The van der Waals surface area contributed by atoms with E-state index >= 15 is 0 Å². The molecule has 2 rings (SSSR count). The molecule has 0 fully saturated rings. The van der Waals surface area contributed by atoms with Crippen LogP contribution in [0.3, 0.4) is 0 Å². The van der Waals surface area contributed by atoms with Crippen molar-refractivity contribution in [3.8, 4) is 11.5 Å². The summed E-state index contributed by atoms with van der Waals surface area (Å²) in [6, 6.07) is 6.98. The molecule has 0 bridgehead atoms. The van der Waals surface area contributed by atoms with Gasteiger partial charge in [-0.1, -0.05) is 37.0 Å². The minimum atomic E-state index is 0.525. The quantitative estimate of drug-likeness (QED) is 0.818. The smallest absolute Gasteiger partial charge is 0.147 e. The Hall–Kier alpha value is -1.29. The molecule has 0 unspecified atom stereocenters. The first-order valence-electron chi connectivity index (χ1n) is 6.82. The van der Waals surface area contributed by atoms with Crippen molar-refractivity contribution >= 4 is 23.2 Å². The fourth-order valence-electron chi connectivity index (χ4n) is 1.82. The number of hydrogen-bond donors (Lipinski definition) is 1. The first kappa shape index (κ1) is 16.1. The summed E-state index contributed by atoms with van der Waals surface area (Å²) in [6.45, 7) is 5.96. The van der Waals surface area contributed by atoms with Crippen LogP contribution in [-0.4, -0.2) is 11.5 Å². The van der Waals surface area contributed by atoms with Crippen molar-refractivity contribution in [2.75, 3.05) is 6.54 Å². The topological polar surface area (TPSA) is 34.2 Å². The standard InChI is InChI=1S/C16H18Cl2N2O/c1-11(2)8-20-10-12-9-19-6-5-15(12)21-16-7-13(17)3-4-14(16)18/h3-7,9,11,20H,8,10H2,1-2H3. The zero-order valence-corrected chi connectivity index (χ0v) is 13.6. The lowest BCUT2D eigenvalue weighted by Gasteiger charge is -2.13. The van der Waals surface area contributed by atoms with E-state index in [1.54, 1.807) is 30.6 Å². The number of hydrogen-bond acceptors (Lipinski definition) is 3. The van der Waals surface area contributed by atoms with E-state index < -0.39 is 0 Å². The molecule has 0 atom stereocenters. The maximum absolute atomic E-state index is 6.13. The van der Waals surface area contributed by atoms with E-state index in [1.165, 1.54) is 0 Å². The van der Waals surface area contributed by atoms with Crippen molar-refractivity contribution in [2.45, 2.75) is 20.4 Å². The van der Waals surface area contributed by atoms with Crippen molar-refractivity contribution in [1.82, 2.24) is 10.3 Å². The summed E-state index contributed by atoms with van der Waals surface area (Å²) in [7, 11) is 0. The number of nitrogens with zero attached hydrogens (tertiary/aromatic N) is 1. The number of halogens is 2. The molecule has 112 valence electrons. The molecule has 0 amide bonds. The normalized spacial score (nSPS) is 10.9. The fourth-order valence-corrected chi connectivity index (χ4v) is 2.13. The molecule has 0 spiro atoms. The van der Waals surface area contributed by atoms with E-state index in [0.717, 1.165) is 17.9 Å². The Morgan fingerprint density at radius 2 is 2.00 bits per heavy atom. The number of nitrogens with one attached hydrogen (secondary N) is 1. The van der Waals surface area contributed by atoms with E-state index in [4.69, 9.17) is 27.9 Å². The largest absolute Gasteiger partial charge is 0.455 e. The minimum absolute atomic E-state index is 0.525. The number of rotatable bonds is 6. The Morgan fingerprint density at radius 3 is 2.76 bits per heavy atom. The molecular weight excluding hydrogens is 307 g/mol. The second-order valence-electron chi connectivity index (χ2n) is 5.18. The Balaban J connectivity index is 2.14. The van der Waals surface area contributed by atoms with Crippen LogP contribution >= 0.6 is 23.2 Å². The van der Waals surface area contributed by atoms with Crippen LogP contribution in [0.4, 0.5) is 0 Å². The molecule has 2 aromatic rings. The van der Waals surface area contributed by atoms with Gasteiger partial charge in [-0.15, -0.1) is 0 Å². The average molecular weight is 325 g/mol. The zero-order chi connectivity index (χ0) is 15.2. The van der Waals surface area contributed by atoms with Crippen LogP contribution in [-0.2, 0) is 6.54 Å². The van der Waals surface area contributed by atoms with Gasteiger partial charge in [0.05, 0.1) is 5.02 Å². The monoisotopic (exact) mass is 324 g/mol. The van der Waals surface area contributed by atoms with Gasteiger partial charge in [0.15, 0.2) is 0 Å². The maximum Gasteiger partial charge on any atom is 0.147 e. The summed E-state index contributed by atoms with van der Waals surface area (Å²) in [5.74, 6) is 1.86. The molecule has 21 heavy (non-hydrogen) atoms. The first-order chi connectivity index (χ1) is 10.1. The predicted octanol–water partition coefficient (Wildman–Crippen LogP) is 4.93. The lowest BCUT2D eigenvalue weighted by atomic mass is 10.2. The highest BCUT2D eigenvalue weighted by atomic mass is 35.5. The lowest BCUT2D eigenvalue weighted by Crippen LogP contribution is -2.19. The Morgan fingerprint density at radius 1 is 1.19 bits per heavy atom. The van der Waals surface area contributed by atoms with Gasteiger partial charge in [-0.2, -0.15) is 0 Å². The van der Waals surface area contributed by atoms with Crippen molar-refractivity contribution in [1.29, 1.82) is 0 Å². The Bertz CT molecular complexity index is 603. The van der Waals surface area contributed by atoms with Gasteiger partial charge in [-0.25, -0.2) is 0 Å². The predicted molar refractivity (Wildman–Crippen MR) is 87.3 cm³/mol. The molecule has 0 aliphatic heterocycles. The fraction of sp³-hybridized carbons (Fsp3) is 0.312. The van der Waals surface area contributed by atoms with Crippen molar-refractivity contribution in [3.05, 3.63) is 52.3 Å². The third-order valence-electron chi connectivity index (χ3n) is 2.84. The van der Waals surface area contributed by atoms with Gasteiger partial charge in [0.1, 0.15) is 11.5 Å². The number of aromatic nitrogens is 1. The Kier molecular flexibility index (Phi) is 5.85. The summed E-state index contributed by atoms with van der Waals surface area (Å²) in [5, 5.41) is 4.49. The highest BCUT2D eigenvalue weighted by molar-refractivity contribution is 6.34. The van der Waals surface area contributed by atoms with E-state index in [0.29, 0.717) is 28.3 Å². The summed E-state index contributed by atoms with van der Waals surface area (Å²) >= 11 is 12.1. The second kappa shape index (κ2) is 7.64. The summed E-state index contributed by atoms with van der Waals surface area (Å²) in [5.41, 5.74) is 0.981. The van der Waals surface area contributed by atoms with Gasteiger partial charge >= 0.3 is 0 Å². The highest BCUT2D eigenvalue weighted by Crippen LogP contribution is 2.33. The lowest BCUT2D eigenvalue weighted by molar-refractivity contribution is 0.468. The van der Waals surface area contributed by atoms with Gasteiger partial charge in [-0.05, 0) is 30.7 Å². The zero-order valence-electron chi connectivity index (χ0n) is 12.1. The van der Waals surface area contributed by atoms with Gasteiger partial charge in [0.25, 0.3) is 0 Å². The SMILES string of the molecule is CC(C)CNCc1cnccc1Oc1cc(Cl)ccc1Cl. The molecule has 3 nitrogen and oxygen atoms in total. The van der Waals surface area contributed by atoms with Crippen molar-refractivity contribution < 1.29 is 4.74 Å². The number of ether oxygens (including phenoxy) is 1. The van der Waals surface area contributed by atoms with Gasteiger partial charge in [0, 0.05) is 35.6 Å². The third kappa shape index (κ3) is 4.88. The minimum Gasteiger partial charge on any atom is -0.455 e. The molecule has 1 aromatic heterocycles. The van der Waals surface area contributed by atoms with Crippen LogP contribution in [0.5, 0.6) is 11.5 Å². The van der Waals surface area contributed by atoms with Crippen molar-refractivity contribution in [2.24, 2.45) is 5.92 Å². The molecule has 1 heterocycles. The van der Waals surface area contributed by atoms with E-state index in [-0.39, 0.29) is 0 Å². The van der Waals surface area contributed by atoms with Crippen molar-refractivity contribution in [3.63, 3.8) is 0 Å². The number of benzene rings is 1. The molecule has 5 heteroatoms. The molecule has 0 saturated heterocycles.